The summed E-state index contributed by atoms with van der Waals surface area (Å²) in [6, 6.07) is 13.3. The van der Waals surface area contributed by atoms with E-state index in [9.17, 15) is 4.79 Å². The van der Waals surface area contributed by atoms with Crippen LogP contribution in [0.3, 0.4) is 0 Å². The molecule has 0 saturated heterocycles. The van der Waals surface area contributed by atoms with Gasteiger partial charge in [0.15, 0.2) is 0 Å². The monoisotopic (exact) mass is 333 g/mol. The van der Waals surface area contributed by atoms with Crippen molar-refractivity contribution in [2.45, 2.75) is 13.0 Å². The number of rotatable bonds is 4. The predicted molar refractivity (Wildman–Crippen MR) is 95.9 cm³/mol. The summed E-state index contributed by atoms with van der Waals surface area (Å²) in [5, 5.41) is 13.7. The Kier molecular flexibility index (Phi) is 5.13. The number of nitrogens with one attached hydrogen (secondary N) is 1. The fourth-order valence-electron chi connectivity index (χ4n) is 2.88. The van der Waals surface area contributed by atoms with Crippen LogP contribution in [0.1, 0.15) is 13.0 Å². The Labute approximate surface area is 140 Å². The van der Waals surface area contributed by atoms with E-state index in [1.165, 1.54) is 0 Å². The number of hydrogen-bond donors (Lipinski definition) is 3. The maximum atomic E-state index is 12.3. The molecule has 0 aliphatic rings. The number of para-hydroxylation sites is 1. The molecule has 4 N–H and O–H groups in total. The van der Waals surface area contributed by atoms with E-state index >= 15 is 0 Å². The lowest BCUT2D eigenvalue weighted by Crippen LogP contribution is -2.32. The summed E-state index contributed by atoms with van der Waals surface area (Å²) in [6.07, 6.45) is 0. The van der Waals surface area contributed by atoms with Gasteiger partial charge in [0.05, 0.1) is 6.61 Å². The summed E-state index contributed by atoms with van der Waals surface area (Å²) in [5.74, 6) is -0.117. The van der Waals surface area contributed by atoms with Gasteiger partial charge in [-0.15, -0.1) is 12.4 Å². The summed E-state index contributed by atoms with van der Waals surface area (Å²) in [5.41, 5.74) is 8.58. The van der Waals surface area contributed by atoms with Crippen LogP contribution in [-0.4, -0.2) is 28.7 Å². The minimum Gasteiger partial charge on any atom is -0.399 e. The number of carbonyl (C=O) groups excluding carboxylic acids is 1. The summed E-state index contributed by atoms with van der Waals surface area (Å²) >= 11 is 0. The van der Waals surface area contributed by atoms with Crippen LogP contribution in [0.25, 0.3) is 21.8 Å². The number of nitrogens with two attached hydrogens (primary N) is 1. The van der Waals surface area contributed by atoms with Gasteiger partial charge in [0.2, 0.25) is 5.91 Å². The van der Waals surface area contributed by atoms with E-state index < -0.39 is 0 Å². The number of anilines is 1. The van der Waals surface area contributed by atoms with E-state index in [1.807, 2.05) is 54.0 Å². The number of nitrogen functional groups attached to an aromatic ring is 1. The molecule has 6 heteroatoms. The number of hydrogen-bond acceptors (Lipinski definition) is 3. The Morgan fingerprint density at radius 3 is 2.65 bits per heavy atom. The van der Waals surface area contributed by atoms with Gasteiger partial charge in [-0.05, 0) is 31.2 Å². The summed E-state index contributed by atoms with van der Waals surface area (Å²) in [7, 11) is 0. The molecule has 5 nitrogen and oxygen atoms in total. The molecule has 0 spiro atoms. The van der Waals surface area contributed by atoms with Crippen molar-refractivity contribution in [2.24, 2.45) is 0 Å². The van der Waals surface area contributed by atoms with E-state index in [1.54, 1.807) is 0 Å². The molecule has 3 aromatic rings. The number of halogens is 1. The highest BCUT2D eigenvalue weighted by atomic mass is 35.5. The van der Waals surface area contributed by atoms with Gasteiger partial charge in [0.25, 0.3) is 0 Å². The highest BCUT2D eigenvalue weighted by molar-refractivity contribution is 6.09. The second kappa shape index (κ2) is 6.89. The molecule has 0 fully saturated rings. The standard InChI is InChI=1S/C17H19N3O2.ClH/c1-11(17(22)19-8-9-21)20-15-5-3-2-4-13(15)14-10-12(18)6-7-16(14)20;/h2-7,10-11,21H,8-9,18H2,1H3,(H,19,22);1H. The predicted octanol–water partition coefficient (Wildman–Crippen LogP) is 2.47. The zero-order valence-corrected chi connectivity index (χ0v) is 13.6. The van der Waals surface area contributed by atoms with Gasteiger partial charge < -0.3 is 20.7 Å². The first-order chi connectivity index (χ1) is 10.6. The third kappa shape index (κ3) is 2.98. The van der Waals surface area contributed by atoms with Crippen LogP contribution < -0.4 is 11.1 Å². The van der Waals surface area contributed by atoms with E-state index in [-0.39, 0.29) is 37.5 Å². The molecule has 1 atom stereocenters. The van der Waals surface area contributed by atoms with E-state index in [2.05, 4.69) is 5.32 Å². The first-order valence-corrected chi connectivity index (χ1v) is 7.30. The van der Waals surface area contributed by atoms with Crippen LogP contribution in [-0.2, 0) is 4.79 Å². The van der Waals surface area contributed by atoms with Crippen LogP contribution in [0.2, 0.25) is 0 Å². The topological polar surface area (TPSA) is 80.3 Å². The van der Waals surface area contributed by atoms with Gasteiger partial charge in [-0.25, -0.2) is 0 Å². The summed E-state index contributed by atoms with van der Waals surface area (Å²) < 4.78 is 2.01. The zero-order valence-electron chi connectivity index (χ0n) is 12.8. The van der Waals surface area contributed by atoms with E-state index in [0.29, 0.717) is 5.69 Å². The quantitative estimate of drug-likeness (QED) is 0.642. The number of aliphatic hydroxyl groups is 1. The van der Waals surface area contributed by atoms with Gasteiger partial charge >= 0.3 is 0 Å². The third-order valence-corrected chi connectivity index (χ3v) is 3.91. The minimum atomic E-state index is -0.377. The second-order valence-corrected chi connectivity index (χ2v) is 5.35. The number of benzene rings is 2. The Hall–Kier alpha value is -2.24. The van der Waals surface area contributed by atoms with Crippen molar-refractivity contribution in [1.29, 1.82) is 0 Å². The average Bonchev–Trinajstić information content (AvgIpc) is 2.85. The molecule has 1 unspecified atom stereocenters. The second-order valence-electron chi connectivity index (χ2n) is 5.35. The molecule has 1 amide bonds. The average molecular weight is 334 g/mol. The molecule has 0 aliphatic heterocycles. The van der Waals surface area contributed by atoms with Crippen molar-refractivity contribution in [3.8, 4) is 0 Å². The van der Waals surface area contributed by atoms with Gasteiger partial charge in [0, 0.05) is 34.0 Å². The van der Waals surface area contributed by atoms with E-state index in [0.717, 1.165) is 21.8 Å². The van der Waals surface area contributed by atoms with Crippen LogP contribution in [0.4, 0.5) is 5.69 Å². The number of nitrogens with zero attached hydrogens (tertiary/aromatic N) is 1. The SMILES string of the molecule is CC(C(=O)NCCO)n1c2ccccc2c2cc(N)ccc21.Cl. The molecule has 0 radical (unpaired) electrons. The number of aromatic nitrogens is 1. The Bertz CT molecular complexity index is 844. The molecule has 2 aromatic carbocycles. The first-order valence-electron chi connectivity index (χ1n) is 7.30. The molecule has 1 aromatic heterocycles. The number of carbonyl (C=O) groups is 1. The summed E-state index contributed by atoms with van der Waals surface area (Å²) in [4.78, 5) is 12.3. The molecule has 122 valence electrons. The van der Waals surface area contributed by atoms with Gasteiger partial charge in [-0.2, -0.15) is 0 Å². The molecule has 3 rings (SSSR count). The fraction of sp³-hybridized carbons (Fsp3) is 0.235. The van der Waals surface area contributed by atoms with Crippen LogP contribution >= 0.6 is 12.4 Å². The normalized spacial score (nSPS) is 12.1. The third-order valence-electron chi connectivity index (χ3n) is 3.91. The van der Waals surface area contributed by atoms with Crippen molar-refractivity contribution in [3.05, 3.63) is 42.5 Å². The maximum Gasteiger partial charge on any atom is 0.242 e. The van der Waals surface area contributed by atoms with Gasteiger partial charge in [0.1, 0.15) is 6.04 Å². The highest BCUT2D eigenvalue weighted by Gasteiger charge is 2.20. The maximum absolute atomic E-state index is 12.3. The molecular weight excluding hydrogens is 314 g/mol. The Morgan fingerprint density at radius 2 is 1.91 bits per heavy atom. The lowest BCUT2D eigenvalue weighted by Gasteiger charge is -2.16. The van der Waals surface area contributed by atoms with Crippen LogP contribution in [0.5, 0.6) is 0 Å². The number of aliphatic hydroxyl groups excluding tert-OH is 1. The highest BCUT2D eigenvalue weighted by Crippen LogP contribution is 2.32. The Morgan fingerprint density at radius 1 is 1.22 bits per heavy atom. The smallest absolute Gasteiger partial charge is 0.242 e. The van der Waals surface area contributed by atoms with Crippen LogP contribution in [0.15, 0.2) is 42.5 Å². The van der Waals surface area contributed by atoms with Gasteiger partial charge in [-0.3, -0.25) is 4.79 Å². The Balaban J connectivity index is 0.00000192. The lowest BCUT2D eigenvalue weighted by atomic mass is 10.1. The van der Waals surface area contributed by atoms with Crippen molar-refractivity contribution in [3.63, 3.8) is 0 Å². The van der Waals surface area contributed by atoms with Crippen molar-refractivity contribution in [2.75, 3.05) is 18.9 Å². The largest absolute Gasteiger partial charge is 0.399 e. The molecule has 0 aliphatic carbocycles. The fourth-order valence-corrected chi connectivity index (χ4v) is 2.88. The minimum absolute atomic E-state index is 0. The van der Waals surface area contributed by atoms with Crippen molar-refractivity contribution < 1.29 is 9.90 Å². The number of fused-ring (bicyclic) bond motifs is 3. The molecule has 0 saturated carbocycles. The van der Waals surface area contributed by atoms with E-state index in [4.69, 9.17) is 10.8 Å². The summed E-state index contributed by atoms with van der Waals surface area (Å²) in [6.45, 7) is 2.05. The first kappa shape index (κ1) is 17.1. The molecule has 1 heterocycles. The van der Waals surface area contributed by atoms with Crippen molar-refractivity contribution in [1.82, 2.24) is 9.88 Å². The molecule has 0 bridgehead atoms. The van der Waals surface area contributed by atoms with Crippen molar-refractivity contribution >= 4 is 45.8 Å². The number of amides is 1. The van der Waals surface area contributed by atoms with Gasteiger partial charge in [-0.1, -0.05) is 18.2 Å². The molecule has 23 heavy (non-hydrogen) atoms. The lowest BCUT2D eigenvalue weighted by molar-refractivity contribution is -0.123. The van der Waals surface area contributed by atoms with Crippen LogP contribution in [0, 0.1) is 0 Å². The molecular formula is C17H20ClN3O2. The zero-order chi connectivity index (χ0) is 15.7.